The summed E-state index contributed by atoms with van der Waals surface area (Å²) in [6, 6.07) is 10.3. The van der Waals surface area contributed by atoms with Crippen LogP contribution in [0.1, 0.15) is 30.4 Å². The first-order valence-corrected chi connectivity index (χ1v) is 15.0. The molecule has 0 bridgehead atoms. The lowest BCUT2D eigenvalue weighted by Gasteiger charge is -2.37. The zero-order valence-corrected chi connectivity index (χ0v) is 24.1. The van der Waals surface area contributed by atoms with Crippen LogP contribution in [0.2, 0.25) is 0 Å². The number of nitrogens with one attached hydrogen (secondary N) is 1. The number of hydrogen-bond acceptors (Lipinski definition) is 9. The fraction of sp³-hybridized carbons (Fsp3) is 0.520. The Hall–Kier alpha value is -2.21. The normalized spacial score (nSPS) is 17.3. The molecule has 2 aromatic rings. The highest BCUT2D eigenvalue weighted by Crippen LogP contribution is 2.47. The molecule has 2 aromatic carbocycles. The molecular weight excluding hydrogens is 542 g/mol. The van der Waals surface area contributed by atoms with Crippen LogP contribution in [-0.2, 0) is 30.2 Å². The molecule has 0 atom stereocenters. The minimum atomic E-state index is -3.98. The number of methoxy groups -OCH3 is 4. The number of halogens is 1. The highest BCUT2D eigenvalue weighted by Gasteiger charge is 2.57. The molecule has 208 valence electrons. The first kappa shape index (κ1) is 31.0. The van der Waals surface area contributed by atoms with Crippen LogP contribution in [0.3, 0.4) is 0 Å². The predicted molar refractivity (Wildman–Crippen MR) is 146 cm³/mol. The summed E-state index contributed by atoms with van der Waals surface area (Å²) in [5.74, 6) is 1.65. The Labute approximate surface area is 226 Å². The molecule has 0 aromatic heterocycles. The van der Waals surface area contributed by atoms with Gasteiger partial charge >= 0.3 is 0 Å². The minimum Gasteiger partial charge on any atom is -0.493 e. The zero-order valence-electron chi connectivity index (χ0n) is 21.6. The topological polar surface area (TPSA) is 117 Å². The smallest absolute Gasteiger partial charge is 0.198 e. The van der Waals surface area contributed by atoms with Crippen molar-refractivity contribution in [1.82, 2.24) is 5.32 Å². The van der Waals surface area contributed by atoms with E-state index in [0.717, 1.165) is 12.0 Å². The predicted octanol–water partition coefficient (Wildman–Crippen LogP) is 3.14. The molecule has 12 heteroatoms. The van der Waals surface area contributed by atoms with E-state index in [2.05, 4.69) is 5.32 Å². The lowest BCUT2D eigenvalue weighted by Crippen LogP contribution is -2.50. The average Bonchev–Trinajstić information content (AvgIpc) is 2.86. The van der Waals surface area contributed by atoms with Gasteiger partial charge in [-0.25, -0.2) is 16.8 Å². The molecule has 1 N–H and O–H groups in total. The van der Waals surface area contributed by atoms with Gasteiger partial charge in [0.05, 0.1) is 39.9 Å². The lowest BCUT2D eigenvalue weighted by molar-refractivity contribution is 0.354. The summed E-state index contributed by atoms with van der Waals surface area (Å²) in [4.78, 5) is 0. The van der Waals surface area contributed by atoms with Crippen molar-refractivity contribution in [1.29, 1.82) is 0 Å². The van der Waals surface area contributed by atoms with E-state index in [4.69, 9.17) is 18.9 Å². The second kappa shape index (κ2) is 13.0. The minimum absolute atomic E-state index is 0. The standard InChI is InChI=1S/C25H35NO8S2.ClH/c1-31-21-9-7-19(17-23(21)33-3)11-14-26-13-5-12-25(35(27,28)15-6-16-36(25,29)30)20-8-10-22(32-2)24(18-20)34-4;/h7-10,17-18,26H,5-6,11-16H2,1-4H3;1H. The van der Waals surface area contributed by atoms with E-state index < -0.39 is 23.8 Å². The Morgan fingerprint density at radius 2 is 1.30 bits per heavy atom. The van der Waals surface area contributed by atoms with E-state index in [1.54, 1.807) is 20.3 Å². The molecule has 1 aliphatic heterocycles. The Bertz CT molecular complexity index is 1230. The van der Waals surface area contributed by atoms with Gasteiger partial charge in [0.15, 0.2) is 46.8 Å². The van der Waals surface area contributed by atoms with Crippen molar-refractivity contribution >= 4 is 32.1 Å². The molecular formula is C25H36ClNO8S2. The fourth-order valence-corrected chi connectivity index (χ4v) is 10.5. The maximum absolute atomic E-state index is 13.4. The van der Waals surface area contributed by atoms with Gasteiger partial charge in [0.25, 0.3) is 0 Å². The van der Waals surface area contributed by atoms with Crippen molar-refractivity contribution < 1.29 is 35.8 Å². The third-order valence-electron chi connectivity index (χ3n) is 6.55. The van der Waals surface area contributed by atoms with Gasteiger partial charge in [-0.3, -0.25) is 0 Å². The van der Waals surface area contributed by atoms with Crippen LogP contribution in [-0.4, -0.2) is 69.9 Å². The van der Waals surface area contributed by atoms with Crippen molar-refractivity contribution in [3.05, 3.63) is 47.5 Å². The van der Waals surface area contributed by atoms with Crippen LogP contribution in [0.5, 0.6) is 23.0 Å². The molecule has 3 rings (SSSR count). The molecule has 0 radical (unpaired) electrons. The molecule has 1 aliphatic rings. The third kappa shape index (κ3) is 6.27. The zero-order chi connectivity index (χ0) is 26.4. The van der Waals surface area contributed by atoms with E-state index in [1.165, 1.54) is 26.4 Å². The quantitative estimate of drug-likeness (QED) is 0.380. The van der Waals surface area contributed by atoms with Crippen molar-refractivity contribution in [2.75, 3.05) is 53.0 Å². The monoisotopic (exact) mass is 577 g/mol. The molecule has 0 spiro atoms. The van der Waals surface area contributed by atoms with E-state index >= 15 is 0 Å². The van der Waals surface area contributed by atoms with Crippen LogP contribution < -0.4 is 24.3 Å². The van der Waals surface area contributed by atoms with Gasteiger partial charge in [0.2, 0.25) is 0 Å². The molecule has 0 saturated carbocycles. The summed E-state index contributed by atoms with van der Waals surface area (Å²) >= 11 is 0. The van der Waals surface area contributed by atoms with E-state index in [9.17, 15) is 16.8 Å². The first-order chi connectivity index (χ1) is 17.2. The van der Waals surface area contributed by atoms with Crippen molar-refractivity contribution in [2.24, 2.45) is 0 Å². The largest absolute Gasteiger partial charge is 0.493 e. The number of ether oxygens (including phenoxy) is 4. The molecule has 1 fully saturated rings. The summed E-state index contributed by atoms with van der Waals surface area (Å²) in [6.07, 6.45) is 1.14. The van der Waals surface area contributed by atoms with Crippen LogP contribution in [0.25, 0.3) is 0 Å². The van der Waals surface area contributed by atoms with Crippen molar-refractivity contribution in [3.8, 4) is 23.0 Å². The van der Waals surface area contributed by atoms with E-state index in [-0.39, 0.29) is 42.3 Å². The van der Waals surface area contributed by atoms with Crippen LogP contribution >= 0.6 is 12.4 Å². The summed E-state index contributed by atoms with van der Waals surface area (Å²) in [7, 11) is -1.89. The number of benzene rings is 2. The van der Waals surface area contributed by atoms with Crippen molar-refractivity contribution in [2.45, 2.75) is 29.8 Å². The van der Waals surface area contributed by atoms with Crippen LogP contribution in [0.4, 0.5) is 0 Å². The van der Waals surface area contributed by atoms with E-state index in [0.29, 0.717) is 42.5 Å². The van der Waals surface area contributed by atoms with Crippen LogP contribution in [0, 0.1) is 0 Å². The summed E-state index contributed by atoms with van der Waals surface area (Å²) in [5, 5.41) is 3.30. The first-order valence-electron chi connectivity index (χ1n) is 11.7. The Morgan fingerprint density at radius 3 is 1.86 bits per heavy atom. The van der Waals surface area contributed by atoms with Gasteiger partial charge in [0, 0.05) is 0 Å². The second-order valence-electron chi connectivity index (χ2n) is 8.61. The van der Waals surface area contributed by atoms with E-state index in [1.807, 2.05) is 18.2 Å². The highest BCUT2D eigenvalue weighted by molar-refractivity contribution is 8.10. The second-order valence-corrected chi connectivity index (χ2v) is 13.5. The van der Waals surface area contributed by atoms with Gasteiger partial charge in [-0.2, -0.15) is 0 Å². The maximum atomic E-state index is 13.4. The van der Waals surface area contributed by atoms with Gasteiger partial charge < -0.3 is 24.3 Å². The number of rotatable bonds is 12. The van der Waals surface area contributed by atoms with Gasteiger partial charge in [-0.15, -0.1) is 12.4 Å². The fourth-order valence-electron chi connectivity index (χ4n) is 4.69. The molecule has 9 nitrogen and oxygen atoms in total. The molecule has 0 amide bonds. The molecule has 0 aliphatic carbocycles. The number of sulfone groups is 2. The average molecular weight is 578 g/mol. The van der Waals surface area contributed by atoms with Crippen molar-refractivity contribution in [3.63, 3.8) is 0 Å². The molecule has 0 unspecified atom stereocenters. The number of hydrogen-bond donors (Lipinski definition) is 1. The molecule has 37 heavy (non-hydrogen) atoms. The summed E-state index contributed by atoms with van der Waals surface area (Å²) in [6.45, 7) is 1.10. The SMILES string of the molecule is COc1ccc(CCNCCCC2(c3ccc(OC)c(OC)c3)S(=O)(=O)CCCS2(=O)=O)cc1OC.Cl. The third-order valence-corrected chi connectivity index (χ3v) is 12.6. The summed E-state index contributed by atoms with van der Waals surface area (Å²) in [5.41, 5.74) is 1.25. The Kier molecular flexibility index (Phi) is 10.9. The lowest BCUT2D eigenvalue weighted by atomic mass is 10.1. The Balaban J connectivity index is 0.00000481. The molecule has 1 saturated heterocycles. The maximum Gasteiger partial charge on any atom is 0.198 e. The highest BCUT2D eigenvalue weighted by atomic mass is 35.5. The Morgan fingerprint density at radius 1 is 0.757 bits per heavy atom. The van der Waals surface area contributed by atoms with Gasteiger partial charge in [-0.05, 0) is 74.2 Å². The van der Waals surface area contributed by atoms with Crippen LogP contribution in [0.15, 0.2) is 36.4 Å². The summed E-state index contributed by atoms with van der Waals surface area (Å²) < 4.78 is 72.8. The van der Waals surface area contributed by atoms with Gasteiger partial charge in [0.1, 0.15) is 0 Å². The molecule has 1 heterocycles. The van der Waals surface area contributed by atoms with Gasteiger partial charge in [-0.1, -0.05) is 12.1 Å².